The number of nitrogens with two attached hydrogens (primary N) is 2. The van der Waals surface area contributed by atoms with E-state index in [0.29, 0.717) is 19.5 Å². The van der Waals surface area contributed by atoms with Gasteiger partial charge in [0.25, 0.3) is 0 Å². The zero-order valence-electron chi connectivity index (χ0n) is 11.3. The van der Waals surface area contributed by atoms with E-state index in [-0.39, 0.29) is 12.6 Å². The molecule has 0 aromatic carbocycles. The average Bonchev–Trinajstić information content (AvgIpc) is 2.60. The first-order valence-electron chi connectivity index (χ1n) is 6.59. The lowest BCUT2D eigenvalue weighted by Gasteiger charge is -2.34. The van der Waals surface area contributed by atoms with Crippen LogP contribution >= 0.6 is 0 Å². The fraction of sp³-hybridized carbons (Fsp3) is 0.917. The van der Waals surface area contributed by atoms with Gasteiger partial charge in [0, 0.05) is 13.1 Å². The second-order valence-corrected chi connectivity index (χ2v) is 4.92. The number of aliphatic hydroxyl groups is 1. The van der Waals surface area contributed by atoms with Crippen molar-refractivity contribution in [1.29, 1.82) is 0 Å². The second kappa shape index (κ2) is 6.36. The van der Waals surface area contributed by atoms with E-state index in [1.165, 1.54) is 0 Å². The van der Waals surface area contributed by atoms with Crippen molar-refractivity contribution < 1.29 is 14.6 Å². The van der Waals surface area contributed by atoms with E-state index < -0.39 is 17.8 Å². The number of hydrogen-bond acceptors (Lipinski definition) is 5. The quantitative estimate of drug-likeness (QED) is 0.560. The highest BCUT2D eigenvalue weighted by Crippen LogP contribution is 2.33. The molecular formula is C12H25N3O3. The maximum absolute atomic E-state index is 11.9. The Kier molecular flexibility index (Phi) is 5.37. The van der Waals surface area contributed by atoms with Crippen molar-refractivity contribution in [2.45, 2.75) is 50.9 Å². The third-order valence-electron chi connectivity index (χ3n) is 3.70. The van der Waals surface area contributed by atoms with Gasteiger partial charge in [0.05, 0.1) is 12.1 Å². The van der Waals surface area contributed by atoms with E-state index >= 15 is 0 Å². The molecule has 0 bridgehead atoms. The molecule has 0 aliphatic carbocycles. The van der Waals surface area contributed by atoms with Crippen molar-refractivity contribution in [3.63, 3.8) is 0 Å². The van der Waals surface area contributed by atoms with E-state index in [4.69, 9.17) is 16.2 Å². The molecule has 1 aliphatic rings. The molecule has 0 spiro atoms. The topological polar surface area (TPSA) is 102 Å². The van der Waals surface area contributed by atoms with E-state index in [1.54, 1.807) is 11.8 Å². The molecule has 0 unspecified atom stereocenters. The number of unbranched alkanes of at least 4 members (excludes halogenated alkanes) is 1. The molecule has 18 heavy (non-hydrogen) atoms. The highest BCUT2D eigenvalue weighted by atomic mass is 16.6. The standard InChI is InChI=1S/C12H25N3O3/c1-3-10(16)12(2)9(8-14)15(11(17)18-12)7-5-4-6-13/h9-10,16H,3-8,13-14H2,1-2H3/t9-,10-,12+/m1/s1. The van der Waals surface area contributed by atoms with Crippen molar-refractivity contribution in [2.24, 2.45) is 11.5 Å². The number of hydrogen-bond donors (Lipinski definition) is 3. The molecule has 1 rings (SSSR count). The van der Waals surface area contributed by atoms with Gasteiger partial charge in [-0.05, 0) is 32.7 Å². The Labute approximate surface area is 108 Å². The zero-order valence-corrected chi connectivity index (χ0v) is 11.3. The molecule has 1 heterocycles. The summed E-state index contributed by atoms with van der Waals surface area (Å²) >= 11 is 0. The van der Waals surface area contributed by atoms with Crippen LogP contribution < -0.4 is 11.5 Å². The Bertz CT molecular complexity index is 288. The third-order valence-corrected chi connectivity index (χ3v) is 3.70. The number of ether oxygens (including phenoxy) is 1. The number of nitrogens with zero attached hydrogens (tertiary/aromatic N) is 1. The van der Waals surface area contributed by atoms with Crippen LogP contribution in [0.1, 0.15) is 33.1 Å². The predicted octanol–water partition coefficient (Wildman–Crippen LogP) is 0.0344. The summed E-state index contributed by atoms with van der Waals surface area (Å²) in [6.45, 7) is 5.06. The van der Waals surface area contributed by atoms with E-state index in [1.807, 2.05) is 6.92 Å². The lowest BCUT2D eigenvalue weighted by Crippen LogP contribution is -2.54. The van der Waals surface area contributed by atoms with Crippen LogP contribution in [0.2, 0.25) is 0 Å². The molecule has 0 radical (unpaired) electrons. The predicted molar refractivity (Wildman–Crippen MR) is 69.0 cm³/mol. The number of cyclic esters (lactones) is 1. The molecule has 1 fully saturated rings. The van der Waals surface area contributed by atoms with Crippen molar-refractivity contribution >= 4 is 6.09 Å². The smallest absolute Gasteiger partial charge is 0.410 e. The maximum atomic E-state index is 11.9. The van der Waals surface area contributed by atoms with Gasteiger partial charge in [-0.2, -0.15) is 0 Å². The number of aliphatic hydroxyl groups excluding tert-OH is 1. The van der Waals surface area contributed by atoms with Gasteiger partial charge in [-0.25, -0.2) is 4.79 Å². The largest absolute Gasteiger partial charge is 0.438 e. The summed E-state index contributed by atoms with van der Waals surface area (Å²) in [7, 11) is 0. The highest BCUT2D eigenvalue weighted by molar-refractivity contribution is 5.71. The van der Waals surface area contributed by atoms with Gasteiger partial charge < -0.3 is 21.3 Å². The summed E-state index contributed by atoms with van der Waals surface area (Å²) in [6.07, 6.45) is 1.11. The van der Waals surface area contributed by atoms with Gasteiger partial charge in [-0.3, -0.25) is 4.90 Å². The Morgan fingerprint density at radius 1 is 1.50 bits per heavy atom. The Morgan fingerprint density at radius 3 is 2.67 bits per heavy atom. The lowest BCUT2D eigenvalue weighted by atomic mass is 9.88. The lowest BCUT2D eigenvalue weighted by molar-refractivity contribution is -0.0594. The van der Waals surface area contributed by atoms with Gasteiger partial charge >= 0.3 is 6.09 Å². The summed E-state index contributed by atoms with van der Waals surface area (Å²) in [4.78, 5) is 13.5. The van der Waals surface area contributed by atoms with Gasteiger partial charge in [0.2, 0.25) is 0 Å². The summed E-state index contributed by atoms with van der Waals surface area (Å²) in [6, 6.07) is -0.280. The van der Waals surface area contributed by atoms with Crippen molar-refractivity contribution in [3.8, 4) is 0 Å². The normalized spacial score (nSPS) is 29.5. The van der Waals surface area contributed by atoms with Crippen LogP contribution in [-0.4, -0.2) is 53.5 Å². The molecule has 0 aromatic rings. The Morgan fingerprint density at radius 2 is 2.17 bits per heavy atom. The van der Waals surface area contributed by atoms with Crippen molar-refractivity contribution in [2.75, 3.05) is 19.6 Å². The average molecular weight is 259 g/mol. The number of carbonyl (C=O) groups excluding carboxylic acids is 1. The first-order chi connectivity index (χ1) is 8.51. The van der Waals surface area contributed by atoms with Gasteiger partial charge in [-0.15, -0.1) is 0 Å². The van der Waals surface area contributed by atoms with Gasteiger partial charge in [-0.1, -0.05) is 6.92 Å². The van der Waals surface area contributed by atoms with Gasteiger partial charge in [0.15, 0.2) is 5.60 Å². The Balaban J connectivity index is 2.77. The molecule has 6 heteroatoms. The van der Waals surface area contributed by atoms with Crippen LogP contribution in [0, 0.1) is 0 Å². The minimum absolute atomic E-state index is 0.280. The molecule has 5 N–H and O–H groups in total. The number of amides is 1. The van der Waals surface area contributed by atoms with E-state index in [9.17, 15) is 9.90 Å². The second-order valence-electron chi connectivity index (χ2n) is 4.92. The summed E-state index contributed by atoms with van der Waals surface area (Å²) in [5, 5.41) is 10.0. The van der Waals surface area contributed by atoms with Crippen LogP contribution in [0.25, 0.3) is 0 Å². The minimum Gasteiger partial charge on any atom is -0.438 e. The number of carbonyl (C=O) groups is 1. The highest BCUT2D eigenvalue weighted by Gasteiger charge is 2.53. The van der Waals surface area contributed by atoms with Gasteiger partial charge in [0.1, 0.15) is 0 Å². The number of rotatable bonds is 7. The SMILES string of the molecule is CC[C@@H](O)[C@@]1(C)OC(=O)N(CCCCN)[C@@H]1CN. The molecule has 1 aliphatic heterocycles. The summed E-state index contributed by atoms with van der Waals surface area (Å²) < 4.78 is 5.37. The molecule has 0 aromatic heterocycles. The molecule has 1 amide bonds. The molecular weight excluding hydrogens is 234 g/mol. The van der Waals surface area contributed by atoms with Crippen LogP contribution in [0.3, 0.4) is 0 Å². The van der Waals surface area contributed by atoms with Crippen LogP contribution in [-0.2, 0) is 4.74 Å². The molecule has 0 saturated carbocycles. The summed E-state index contributed by atoms with van der Waals surface area (Å²) in [5.41, 5.74) is 10.3. The fourth-order valence-electron chi connectivity index (χ4n) is 2.48. The third kappa shape index (κ3) is 2.76. The molecule has 3 atom stereocenters. The molecule has 6 nitrogen and oxygen atoms in total. The van der Waals surface area contributed by atoms with Crippen LogP contribution in [0.15, 0.2) is 0 Å². The fourth-order valence-corrected chi connectivity index (χ4v) is 2.48. The maximum Gasteiger partial charge on any atom is 0.410 e. The summed E-state index contributed by atoms with van der Waals surface area (Å²) in [5.74, 6) is 0. The first kappa shape index (κ1) is 15.2. The van der Waals surface area contributed by atoms with Crippen LogP contribution in [0.4, 0.5) is 4.79 Å². The van der Waals surface area contributed by atoms with Crippen molar-refractivity contribution in [1.82, 2.24) is 4.90 Å². The minimum atomic E-state index is -0.913. The zero-order chi connectivity index (χ0) is 13.8. The monoisotopic (exact) mass is 259 g/mol. The van der Waals surface area contributed by atoms with Crippen molar-refractivity contribution in [3.05, 3.63) is 0 Å². The van der Waals surface area contributed by atoms with E-state index in [2.05, 4.69) is 0 Å². The van der Waals surface area contributed by atoms with E-state index in [0.717, 1.165) is 12.8 Å². The Hall–Kier alpha value is -0.850. The molecule has 106 valence electrons. The van der Waals surface area contributed by atoms with Crippen LogP contribution in [0.5, 0.6) is 0 Å². The first-order valence-corrected chi connectivity index (χ1v) is 6.59. The molecule has 1 saturated heterocycles.